The summed E-state index contributed by atoms with van der Waals surface area (Å²) in [5.74, 6) is 0.403. The maximum Gasteiger partial charge on any atom is 0.265 e. The molecule has 0 aliphatic carbocycles. The molecular formula is C21H22N2O3. The first-order valence-electron chi connectivity index (χ1n) is 8.62. The summed E-state index contributed by atoms with van der Waals surface area (Å²) in [7, 11) is 0. The van der Waals surface area contributed by atoms with Crippen LogP contribution >= 0.6 is 0 Å². The third kappa shape index (κ3) is 4.11. The van der Waals surface area contributed by atoms with Gasteiger partial charge in [0.1, 0.15) is 5.75 Å². The molecule has 0 spiro atoms. The van der Waals surface area contributed by atoms with E-state index >= 15 is 0 Å². The van der Waals surface area contributed by atoms with Crippen LogP contribution in [0.2, 0.25) is 0 Å². The van der Waals surface area contributed by atoms with Crippen LogP contribution in [0.3, 0.4) is 0 Å². The number of rotatable bonds is 5. The summed E-state index contributed by atoms with van der Waals surface area (Å²) in [6.07, 6.45) is 1.50. The summed E-state index contributed by atoms with van der Waals surface area (Å²) in [4.78, 5) is 25.9. The largest absolute Gasteiger partial charge is 0.481 e. The van der Waals surface area contributed by atoms with Crippen LogP contribution < -0.4 is 10.1 Å². The third-order valence-corrected chi connectivity index (χ3v) is 4.40. The molecule has 0 unspecified atom stereocenters. The number of hydrogen-bond donors (Lipinski definition) is 1. The number of para-hydroxylation sites is 1. The van der Waals surface area contributed by atoms with E-state index in [1.165, 1.54) is 6.08 Å². The molecule has 0 radical (unpaired) electrons. The zero-order valence-corrected chi connectivity index (χ0v) is 14.8. The maximum absolute atomic E-state index is 12.4. The molecule has 0 saturated heterocycles. The van der Waals surface area contributed by atoms with Crippen molar-refractivity contribution in [2.24, 2.45) is 0 Å². The SMILES string of the molecule is C=CC(=O)N1CCc2cc(NC(=O)[C@@H](C)Oc3ccccc3)ccc2C1. The smallest absolute Gasteiger partial charge is 0.265 e. The van der Waals surface area contributed by atoms with E-state index in [0.717, 1.165) is 23.2 Å². The molecule has 134 valence electrons. The fourth-order valence-corrected chi connectivity index (χ4v) is 2.95. The Bertz CT molecular complexity index is 817. The summed E-state index contributed by atoms with van der Waals surface area (Å²) >= 11 is 0. The first kappa shape index (κ1) is 17.7. The number of hydrogen-bond acceptors (Lipinski definition) is 3. The molecule has 2 amide bonds. The highest BCUT2D eigenvalue weighted by Gasteiger charge is 2.20. The van der Waals surface area contributed by atoms with E-state index in [4.69, 9.17) is 4.74 Å². The molecule has 2 aromatic carbocycles. The molecule has 1 atom stereocenters. The molecule has 0 saturated carbocycles. The number of ether oxygens (including phenoxy) is 1. The molecule has 0 fully saturated rings. The normalized spacial score (nSPS) is 14.1. The molecule has 1 aliphatic rings. The molecule has 3 rings (SSSR count). The molecule has 26 heavy (non-hydrogen) atoms. The Morgan fingerprint density at radius 1 is 1.19 bits per heavy atom. The van der Waals surface area contributed by atoms with Gasteiger partial charge in [0, 0.05) is 18.8 Å². The summed E-state index contributed by atoms with van der Waals surface area (Å²) in [6, 6.07) is 15.0. The zero-order chi connectivity index (χ0) is 18.5. The van der Waals surface area contributed by atoms with Crippen LogP contribution in [-0.2, 0) is 22.6 Å². The van der Waals surface area contributed by atoms with Gasteiger partial charge in [0.15, 0.2) is 6.10 Å². The van der Waals surface area contributed by atoms with E-state index < -0.39 is 6.10 Å². The van der Waals surface area contributed by atoms with Crippen molar-refractivity contribution in [1.29, 1.82) is 0 Å². The van der Waals surface area contributed by atoms with Gasteiger partial charge < -0.3 is 15.0 Å². The van der Waals surface area contributed by atoms with E-state index in [1.807, 2.05) is 48.5 Å². The molecule has 0 bridgehead atoms. The molecule has 1 N–H and O–H groups in total. The van der Waals surface area contributed by atoms with Crippen molar-refractivity contribution in [3.8, 4) is 5.75 Å². The van der Waals surface area contributed by atoms with Gasteiger partial charge in [-0.05, 0) is 54.8 Å². The fraction of sp³-hybridized carbons (Fsp3) is 0.238. The molecule has 2 aromatic rings. The van der Waals surface area contributed by atoms with E-state index in [2.05, 4.69) is 11.9 Å². The first-order valence-corrected chi connectivity index (χ1v) is 8.62. The molecule has 5 heteroatoms. The van der Waals surface area contributed by atoms with Gasteiger partial charge in [0.2, 0.25) is 5.91 Å². The molecule has 5 nitrogen and oxygen atoms in total. The average Bonchev–Trinajstić information content (AvgIpc) is 2.67. The number of benzene rings is 2. The highest BCUT2D eigenvalue weighted by atomic mass is 16.5. The van der Waals surface area contributed by atoms with Gasteiger partial charge in [0.25, 0.3) is 5.91 Å². The lowest BCUT2D eigenvalue weighted by molar-refractivity contribution is -0.126. The van der Waals surface area contributed by atoms with E-state index in [-0.39, 0.29) is 11.8 Å². The second kappa shape index (κ2) is 7.87. The number of anilines is 1. The molecule has 0 aromatic heterocycles. The first-order chi connectivity index (χ1) is 12.6. The van der Waals surface area contributed by atoms with Gasteiger partial charge >= 0.3 is 0 Å². The lowest BCUT2D eigenvalue weighted by atomic mass is 9.99. The standard InChI is InChI=1S/C21H22N2O3/c1-3-20(24)23-12-11-16-13-18(10-9-17(16)14-23)22-21(25)15(2)26-19-7-5-4-6-8-19/h3-10,13,15H,1,11-12,14H2,2H3,(H,22,25)/t15-/m1/s1. The highest BCUT2D eigenvalue weighted by Crippen LogP contribution is 2.23. The third-order valence-electron chi connectivity index (χ3n) is 4.40. The number of carbonyl (C=O) groups is 2. The highest BCUT2D eigenvalue weighted by molar-refractivity contribution is 5.94. The summed E-state index contributed by atoms with van der Waals surface area (Å²) in [5, 5.41) is 2.90. The second-order valence-electron chi connectivity index (χ2n) is 6.26. The summed E-state index contributed by atoms with van der Waals surface area (Å²) in [5.41, 5.74) is 2.98. The van der Waals surface area contributed by atoms with Crippen LogP contribution in [0, 0.1) is 0 Å². The van der Waals surface area contributed by atoms with Crippen molar-refractivity contribution in [3.05, 3.63) is 72.3 Å². The maximum atomic E-state index is 12.4. The Morgan fingerprint density at radius 2 is 1.96 bits per heavy atom. The van der Waals surface area contributed by atoms with Crippen molar-refractivity contribution >= 4 is 17.5 Å². The van der Waals surface area contributed by atoms with E-state index in [1.54, 1.807) is 11.8 Å². The quantitative estimate of drug-likeness (QED) is 0.843. The van der Waals surface area contributed by atoms with Gasteiger partial charge in [-0.2, -0.15) is 0 Å². The Balaban J connectivity index is 1.63. The number of amides is 2. The minimum atomic E-state index is -0.603. The van der Waals surface area contributed by atoms with E-state index in [0.29, 0.717) is 18.8 Å². The zero-order valence-electron chi connectivity index (χ0n) is 14.8. The van der Waals surface area contributed by atoms with Crippen molar-refractivity contribution in [3.63, 3.8) is 0 Å². The monoisotopic (exact) mass is 350 g/mol. The van der Waals surface area contributed by atoms with Crippen LogP contribution in [0.5, 0.6) is 5.75 Å². The van der Waals surface area contributed by atoms with Crippen LogP contribution in [0.4, 0.5) is 5.69 Å². The number of nitrogens with zero attached hydrogens (tertiary/aromatic N) is 1. The van der Waals surface area contributed by atoms with Crippen LogP contribution in [0.15, 0.2) is 61.2 Å². The average molecular weight is 350 g/mol. The Kier molecular flexibility index (Phi) is 5.37. The number of carbonyl (C=O) groups excluding carboxylic acids is 2. The Hall–Kier alpha value is -3.08. The van der Waals surface area contributed by atoms with Gasteiger partial charge in [-0.15, -0.1) is 0 Å². The number of nitrogens with one attached hydrogen (secondary N) is 1. The van der Waals surface area contributed by atoms with Crippen molar-refractivity contribution < 1.29 is 14.3 Å². The lowest BCUT2D eigenvalue weighted by Crippen LogP contribution is -2.35. The predicted molar refractivity (Wildman–Crippen MR) is 101 cm³/mol. The minimum absolute atomic E-state index is 0.0556. The van der Waals surface area contributed by atoms with Crippen molar-refractivity contribution in [2.45, 2.75) is 26.0 Å². The van der Waals surface area contributed by atoms with Crippen LogP contribution in [0.25, 0.3) is 0 Å². The summed E-state index contributed by atoms with van der Waals surface area (Å²) < 4.78 is 5.65. The predicted octanol–water partition coefficient (Wildman–Crippen LogP) is 3.16. The molecule has 1 heterocycles. The van der Waals surface area contributed by atoms with Gasteiger partial charge in [-0.3, -0.25) is 9.59 Å². The van der Waals surface area contributed by atoms with Gasteiger partial charge in [-0.25, -0.2) is 0 Å². The van der Waals surface area contributed by atoms with Crippen LogP contribution in [0.1, 0.15) is 18.1 Å². The number of fused-ring (bicyclic) bond motifs is 1. The van der Waals surface area contributed by atoms with Crippen LogP contribution in [-0.4, -0.2) is 29.4 Å². The van der Waals surface area contributed by atoms with Gasteiger partial charge in [0.05, 0.1) is 0 Å². The van der Waals surface area contributed by atoms with Crippen molar-refractivity contribution in [1.82, 2.24) is 4.90 Å². The van der Waals surface area contributed by atoms with Gasteiger partial charge in [-0.1, -0.05) is 30.8 Å². The molecule has 1 aliphatic heterocycles. The van der Waals surface area contributed by atoms with E-state index in [9.17, 15) is 9.59 Å². The lowest BCUT2D eigenvalue weighted by Gasteiger charge is -2.28. The fourth-order valence-electron chi connectivity index (χ4n) is 2.95. The minimum Gasteiger partial charge on any atom is -0.481 e. The Labute approximate surface area is 153 Å². The topological polar surface area (TPSA) is 58.6 Å². The van der Waals surface area contributed by atoms with Crippen molar-refractivity contribution in [2.75, 3.05) is 11.9 Å². The second-order valence-corrected chi connectivity index (χ2v) is 6.26. The molecular weight excluding hydrogens is 328 g/mol. The summed E-state index contributed by atoms with van der Waals surface area (Å²) in [6.45, 7) is 6.48. The Morgan fingerprint density at radius 3 is 2.69 bits per heavy atom.